The van der Waals surface area contributed by atoms with Crippen LogP contribution in [-0.2, 0) is 6.42 Å². The minimum Gasteiger partial charge on any atom is -0.370 e. The fourth-order valence-corrected chi connectivity index (χ4v) is 3.50. The molecule has 5 nitrogen and oxygen atoms in total. The summed E-state index contributed by atoms with van der Waals surface area (Å²) in [4.78, 5) is 6.61. The van der Waals surface area contributed by atoms with Gasteiger partial charge in [-0.1, -0.05) is 13.8 Å². The van der Waals surface area contributed by atoms with Crippen LogP contribution in [0, 0.1) is 0 Å². The minimum atomic E-state index is 0.450. The normalized spacial score (nSPS) is 17.2. The highest BCUT2D eigenvalue weighted by Crippen LogP contribution is 2.19. The van der Waals surface area contributed by atoms with Gasteiger partial charge < -0.3 is 10.6 Å². The molecule has 0 spiro atoms. The van der Waals surface area contributed by atoms with E-state index in [-0.39, 0.29) is 0 Å². The molecule has 2 N–H and O–H groups in total. The van der Waals surface area contributed by atoms with E-state index in [4.69, 9.17) is 5.73 Å². The maximum Gasteiger partial charge on any atom is 0.191 e. The molecule has 1 aliphatic heterocycles. The van der Waals surface area contributed by atoms with E-state index in [9.17, 15) is 0 Å². The van der Waals surface area contributed by atoms with Crippen molar-refractivity contribution in [2.75, 3.05) is 31.1 Å². The fraction of sp³-hybridized carbons (Fsp3) is 0.750. The molecule has 0 radical (unpaired) electrons. The van der Waals surface area contributed by atoms with Crippen LogP contribution in [0.3, 0.4) is 0 Å². The lowest BCUT2D eigenvalue weighted by molar-refractivity contribution is 0.456. The molecule has 1 aromatic rings. The number of thioether (sulfide) groups is 1. The summed E-state index contributed by atoms with van der Waals surface area (Å²) in [5.41, 5.74) is 6.00. The number of rotatable bonds is 4. The first-order valence-corrected chi connectivity index (χ1v) is 8.59. The Kier molecular flexibility index (Phi) is 5.45. The van der Waals surface area contributed by atoms with Crippen molar-refractivity contribution in [3.05, 3.63) is 10.0 Å². The van der Waals surface area contributed by atoms with Gasteiger partial charge >= 0.3 is 0 Å². The van der Waals surface area contributed by atoms with Crippen LogP contribution >= 0.6 is 23.1 Å². The molecule has 19 heavy (non-hydrogen) atoms. The lowest BCUT2D eigenvalue weighted by atomic mass is 10.2. The number of aliphatic imine (C=N–C) groups is 1. The van der Waals surface area contributed by atoms with Gasteiger partial charge in [0.15, 0.2) is 5.96 Å². The van der Waals surface area contributed by atoms with E-state index in [1.54, 1.807) is 11.3 Å². The molecule has 0 amide bonds. The SMILES string of the molecule is CC(C)c1nnc(CCN=C(N)N2CCSCC2)s1. The standard InChI is InChI=1S/C12H21N5S2/c1-9(2)11-16-15-10(19-11)3-4-14-12(13)17-5-7-18-8-6-17/h9H,3-8H2,1-2H3,(H2,13,14). The Balaban J connectivity index is 1.80. The van der Waals surface area contributed by atoms with Crippen LogP contribution in [0.1, 0.15) is 29.8 Å². The largest absolute Gasteiger partial charge is 0.370 e. The van der Waals surface area contributed by atoms with Crippen molar-refractivity contribution in [1.29, 1.82) is 0 Å². The molecule has 1 saturated heterocycles. The first-order chi connectivity index (χ1) is 9.16. The molecule has 7 heteroatoms. The maximum absolute atomic E-state index is 6.00. The van der Waals surface area contributed by atoms with Gasteiger partial charge in [0.25, 0.3) is 0 Å². The summed E-state index contributed by atoms with van der Waals surface area (Å²) >= 11 is 3.65. The summed E-state index contributed by atoms with van der Waals surface area (Å²) in [5.74, 6) is 3.41. The van der Waals surface area contributed by atoms with Crippen LogP contribution in [-0.4, -0.2) is 52.2 Å². The average molecular weight is 299 g/mol. The summed E-state index contributed by atoms with van der Waals surface area (Å²) in [7, 11) is 0. The van der Waals surface area contributed by atoms with Gasteiger partial charge in [-0.2, -0.15) is 11.8 Å². The molecule has 0 aromatic carbocycles. The molecular formula is C12H21N5S2. The number of aromatic nitrogens is 2. The highest BCUT2D eigenvalue weighted by Gasteiger charge is 2.12. The molecule has 1 fully saturated rings. The van der Waals surface area contributed by atoms with Crippen LogP contribution in [0.5, 0.6) is 0 Å². The highest BCUT2D eigenvalue weighted by atomic mass is 32.2. The van der Waals surface area contributed by atoms with Crippen molar-refractivity contribution in [2.24, 2.45) is 10.7 Å². The molecule has 2 rings (SSSR count). The van der Waals surface area contributed by atoms with E-state index in [0.29, 0.717) is 18.4 Å². The second kappa shape index (κ2) is 7.09. The van der Waals surface area contributed by atoms with Gasteiger partial charge in [0, 0.05) is 43.5 Å². The first-order valence-electron chi connectivity index (χ1n) is 6.61. The summed E-state index contributed by atoms with van der Waals surface area (Å²) < 4.78 is 0. The molecule has 1 aliphatic rings. The summed E-state index contributed by atoms with van der Waals surface area (Å²) in [6, 6.07) is 0. The monoisotopic (exact) mass is 299 g/mol. The van der Waals surface area contributed by atoms with Crippen LogP contribution in [0.2, 0.25) is 0 Å². The van der Waals surface area contributed by atoms with Crippen molar-refractivity contribution in [1.82, 2.24) is 15.1 Å². The van der Waals surface area contributed by atoms with Gasteiger partial charge in [-0.05, 0) is 0 Å². The number of hydrogen-bond acceptors (Lipinski definition) is 5. The van der Waals surface area contributed by atoms with Gasteiger partial charge in [0.05, 0.1) is 0 Å². The Morgan fingerprint density at radius 1 is 1.37 bits per heavy atom. The van der Waals surface area contributed by atoms with Crippen LogP contribution < -0.4 is 5.73 Å². The summed E-state index contributed by atoms with van der Waals surface area (Å²) in [6.45, 7) is 6.98. The molecule has 0 unspecified atom stereocenters. The van der Waals surface area contributed by atoms with Crippen molar-refractivity contribution >= 4 is 29.1 Å². The number of hydrogen-bond donors (Lipinski definition) is 1. The zero-order valence-electron chi connectivity index (χ0n) is 11.5. The Morgan fingerprint density at radius 2 is 2.11 bits per heavy atom. The molecular weight excluding hydrogens is 278 g/mol. The van der Waals surface area contributed by atoms with Crippen molar-refractivity contribution in [3.8, 4) is 0 Å². The Bertz CT molecular complexity index is 424. The molecule has 0 atom stereocenters. The minimum absolute atomic E-state index is 0.450. The summed E-state index contributed by atoms with van der Waals surface area (Å²) in [5, 5.41) is 10.5. The van der Waals surface area contributed by atoms with Gasteiger partial charge in [-0.25, -0.2) is 0 Å². The van der Waals surface area contributed by atoms with Crippen LogP contribution in [0.25, 0.3) is 0 Å². The fourth-order valence-electron chi connectivity index (χ4n) is 1.76. The Labute approximate surface area is 122 Å². The predicted octanol–water partition coefficient (Wildman–Crippen LogP) is 1.57. The van der Waals surface area contributed by atoms with E-state index in [2.05, 4.69) is 33.9 Å². The highest BCUT2D eigenvalue weighted by molar-refractivity contribution is 7.99. The van der Waals surface area contributed by atoms with Gasteiger partial charge in [-0.15, -0.1) is 21.5 Å². The molecule has 106 valence electrons. The van der Waals surface area contributed by atoms with E-state index < -0.39 is 0 Å². The first kappa shape index (κ1) is 14.6. The molecule has 0 aliphatic carbocycles. The molecule has 0 saturated carbocycles. The van der Waals surface area contributed by atoms with E-state index in [1.807, 2.05) is 11.8 Å². The van der Waals surface area contributed by atoms with Gasteiger partial charge in [0.2, 0.25) is 0 Å². The second-order valence-electron chi connectivity index (χ2n) is 4.78. The van der Waals surface area contributed by atoms with Crippen LogP contribution in [0.4, 0.5) is 0 Å². The third-order valence-corrected chi connectivity index (χ3v) is 5.14. The zero-order chi connectivity index (χ0) is 13.7. The molecule has 0 bridgehead atoms. The number of nitrogens with zero attached hydrogens (tertiary/aromatic N) is 4. The Morgan fingerprint density at radius 3 is 2.74 bits per heavy atom. The third kappa shape index (κ3) is 4.35. The van der Waals surface area contributed by atoms with Crippen molar-refractivity contribution < 1.29 is 0 Å². The van der Waals surface area contributed by atoms with E-state index >= 15 is 0 Å². The van der Waals surface area contributed by atoms with Crippen LogP contribution in [0.15, 0.2) is 4.99 Å². The Hall–Kier alpha value is -0.820. The zero-order valence-corrected chi connectivity index (χ0v) is 13.1. The van der Waals surface area contributed by atoms with E-state index in [0.717, 1.165) is 41.0 Å². The number of guanidine groups is 1. The topological polar surface area (TPSA) is 67.4 Å². The smallest absolute Gasteiger partial charge is 0.191 e. The molecule has 2 heterocycles. The van der Waals surface area contributed by atoms with Crippen molar-refractivity contribution in [2.45, 2.75) is 26.2 Å². The van der Waals surface area contributed by atoms with E-state index in [1.165, 1.54) is 0 Å². The average Bonchev–Trinajstić information content (AvgIpc) is 2.89. The second-order valence-corrected chi connectivity index (χ2v) is 7.10. The quantitative estimate of drug-likeness (QED) is 0.675. The van der Waals surface area contributed by atoms with Gasteiger partial charge in [-0.3, -0.25) is 4.99 Å². The third-order valence-electron chi connectivity index (χ3n) is 2.91. The molecule has 1 aromatic heterocycles. The number of nitrogens with two attached hydrogens (primary N) is 1. The van der Waals surface area contributed by atoms with Gasteiger partial charge in [0.1, 0.15) is 10.0 Å². The van der Waals surface area contributed by atoms with Crippen molar-refractivity contribution in [3.63, 3.8) is 0 Å². The maximum atomic E-state index is 6.00. The lowest BCUT2D eigenvalue weighted by Gasteiger charge is -2.27. The summed E-state index contributed by atoms with van der Waals surface area (Å²) in [6.07, 6.45) is 0.827. The predicted molar refractivity (Wildman–Crippen MR) is 83.1 cm³/mol. The lowest BCUT2D eigenvalue weighted by Crippen LogP contribution is -2.42.